The smallest absolute Gasteiger partial charge is 0.305 e. The highest BCUT2D eigenvalue weighted by atomic mass is 32.2. The Morgan fingerprint density at radius 3 is 2.49 bits per heavy atom. The lowest BCUT2D eigenvalue weighted by molar-refractivity contribution is -0.122. The van der Waals surface area contributed by atoms with E-state index in [1.54, 1.807) is 36.4 Å². The molecule has 4 aromatic rings. The molecule has 2 aliphatic rings. The standard InChI is InChI=1S/C29H23N3O5S2/c1-16-6-5-7-18(14-16)30-21(33)15-37-20-12-10-17(11-13-20)22-23-25(38-26-24(22)39-29(36)31-26)28(35)32(27(23)34)19-8-3-2-4-9-19/h2-14,22-23,25H,15H2,1H3,(H,30,33)(H,31,36). The van der Waals surface area contributed by atoms with E-state index in [0.29, 0.717) is 22.2 Å². The van der Waals surface area contributed by atoms with Crippen LogP contribution in [0.15, 0.2) is 88.7 Å². The van der Waals surface area contributed by atoms with Gasteiger partial charge in [0.15, 0.2) is 6.61 Å². The van der Waals surface area contributed by atoms with Crippen molar-refractivity contribution in [2.75, 3.05) is 16.8 Å². The minimum absolute atomic E-state index is 0.166. The first-order valence-electron chi connectivity index (χ1n) is 12.3. The Labute approximate surface area is 232 Å². The zero-order chi connectivity index (χ0) is 27.1. The van der Waals surface area contributed by atoms with Gasteiger partial charge in [-0.15, -0.1) is 0 Å². The van der Waals surface area contributed by atoms with Crippen molar-refractivity contribution in [2.45, 2.75) is 23.1 Å². The maximum absolute atomic E-state index is 13.7. The summed E-state index contributed by atoms with van der Waals surface area (Å²) in [6.45, 7) is 1.78. The molecule has 3 unspecified atom stereocenters. The second kappa shape index (κ2) is 10.2. The Hall–Kier alpha value is -4.15. The maximum Gasteiger partial charge on any atom is 0.305 e. The lowest BCUT2D eigenvalue weighted by Gasteiger charge is -2.29. The van der Waals surface area contributed by atoms with Gasteiger partial charge in [0.25, 0.3) is 5.91 Å². The van der Waals surface area contributed by atoms with E-state index in [2.05, 4.69) is 10.3 Å². The molecule has 3 heterocycles. The lowest BCUT2D eigenvalue weighted by Crippen LogP contribution is -2.32. The van der Waals surface area contributed by atoms with E-state index in [9.17, 15) is 19.2 Å². The number of nitrogens with zero attached hydrogens (tertiary/aromatic N) is 1. The fourth-order valence-corrected chi connectivity index (χ4v) is 7.56. The Morgan fingerprint density at radius 1 is 0.974 bits per heavy atom. The van der Waals surface area contributed by atoms with Crippen LogP contribution in [0.1, 0.15) is 21.9 Å². The SMILES string of the molecule is Cc1cccc(NC(=O)COc2ccc(C3c4sc(=O)[nH]c4SC4C(=O)N(c5ccccc5)C(=O)C43)cc2)c1. The van der Waals surface area contributed by atoms with Gasteiger partial charge in [0.05, 0.1) is 16.6 Å². The molecule has 3 aromatic carbocycles. The number of aryl methyl sites for hydroxylation is 1. The highest BCUT2D eigenvalue weighted by Crippen LogP contribution is 2.53. The van der Waals surface area contributed by atoms with Crippen molar-refractivity contribution < 1.29 is 19.1 Å². The van der Waals surface area contributed by atoms with Gasteiger partial charge in [0, 0.05) is 16.5 Å². The summed E-state index contributed by atoms with van der Waals surface area (Å²) in [5.74, 6) is -1.50. The summed E-state index contributed by atoms with van der Waals surface area (Å²) in [5.41, 5.74) is 3.06. The number of ether oxygens (including phenoxy) is 1. The predicted octanol–water partition coefficient (Wildman–Crippen LogP) is 4.56. The minimum atomic E-state index is -0.659. The van der Waals surface area contributed by atoms with Gasteiger partial charge >= 0.3 is 4.87 Å². The summed E-state index contributed by atoms with van der Waals surface area (Å²) in [7, 11) is 0. The topological polar surface area (TPSA) is 109 Å². The van der Waals surface area contributed by atoms with E-state index in [1.807, 2.05) is 49.4 Å². The summed E-state index contributed by atoms with van der Waals surface area (Å²) < 4.78 is 5.69. The molecule has 1 saturated heterocycles. The van der Waals surface area contributed by atoms with E-state index < -0.39 is 17.1 Å². The number of hydrogen-bond donors (Lipinski definition) is 2. The molecule has 196 valence electrons. The number of fused-ring (bicyclic) bond motifs is 2. The number of imide groups is 1. The van der Waals surface area contributed by atoms with Gasteiger partial charge in [0.2, 0.25) is 11.8 Å². The number of rotatable bonds is 6. The lowest BCUT2D eigenvalue weighted by atomic mass is 9.83. The number of H-pyrrole nitrogens is 1. The minimum Gasteiger partial charge on any atom is -0.484 e. The van der Waals surface area contributed by atoms with E-state index in [1.165, 1.54) is 16.7 Å². The first-order chi connectivity index (χ1) is 18.9. The quantitative estimate of drug-likeness (QED) is 0.337. The van der Waals surface area contributed by atoms with Crippen molar-refractivity contribution >= 4 is 52.2 Å². The Morgan fingerprint density at radius 2 is 1.74 bits per heavy atom. The van der Waals surface area contributed by atoms with Gasteiger partial charge in [0.1, 0.15) is 11.0 Å². The van der Waals surface area contributed by atoms with Crippen molar-refractivity contribution in [2.24, 2.45) is 5.92 Å². The molecule has 0 radical (unpaired) electrons. The monoisotopic (exact) mass is 557 g/mol. The second-order valence-corrected chi connectivity index (χ2v) is 11.5. The van der Waals surface area contributed by atoms with Gasteiger partial charge in [-0.3, -0.25) is 19.2 Å². The molecule has 10 heteroatoms. The third kappa shape index (κ3) is 4.77. The highest BCUT2D eigenvalue weighted by molar-refractivity contribution is 8.00. The largest absolute Gasteiger partial charge is 0.484 e. The second-order valence-electron chi connectivity index (χ2n) is 9.37. The molecule has 0 spiro atoms. The summed E-state index contributed by atoms with van der Waals surface area (Å²) in [6, 6.07) is 23.5. The number of hydrogen-bond acceptors (Lipinski definition) is 7. The fourth-order valence-electron chi connectivity index (χ4n) is 5.05. The number of aromatic amines is 1. The molecule has 0 saturated carbocycles. The molecule has 0 bridgehead atoms. The predicted molar refractivity (Wildman–Crippen MR) is 151 cm³/mol. The first-order valence-corrected chi connectivity index (χ1v) is 14.0. The first kappa shape index (κ1) is 25.1. The van der Waals surface area contributed by atoms with Crippen LogP contribution < -0.4 is 19.8 Å². The van der Waals surface area contributed by atoms with Crippen LogP contribution in [0.25, 0.3) is 0 Å². The number of anilines is 2. The summed E-state index contributed by atoms with van der Waals surface area (Å²) >= 11 is 2.31. The van der Waals surface area contributed by atoms with Crippen LogP contribution in [-0.4, -0.2) is 34.6 Å². The summed E-state index contributed by atoms with van der Waals surface area (Å²) in [5, 5.41) is 2.78. The number of amides is 3. The number of nitrogens with one attached hydrogen (secondary N) is 2. The van der Waals surface area contributed by atoms with Gasteiger partial charge in [-0.05, 0) is 54.4 Å². The van der Waals surface area contributed by atoms with E-state index >= 15 is 0 Å². The van der Waals surface area contributed by atoms with E-state index in [-0.39, 0.29) is 29.2 Å². The molecule has 2 aliphatic heterocycles. The molecule has 8 nitrogen and oxygen atoms in total. The van der Waals surface area contributed by atoms with Gasteiger partial charge < -0.3 is 15.0 Å². The average molecular weight is 558 g/mol. The van der Waals surface area contributed by atoms with Crippen LogP contribution in [0.4, 0.5) is 11.4 Å². The van der Waals surface area contributed by atoms with Crippen molar-refractivity contribution in [3.05, 3.63) is 105 Å². The maximum atomic E-state index is 13.7. The highest BCUT2D eigenvalue weighted by Gasteiger charge is 2.56. The van der Waals surface area contributed by atoms with Crippen LogP contribution in [0.2, 0.25) is 0 Å². The number of para-hydroxylation sites is 1. The molecule has 1 fully saturated rings. The van der Waals surface area contributed by atoms with Crippen molar-refractivity contribution in [1.82, 2.24) is 4.98 Å². The molecule has 0 aliphatic carbocycles. The number of thioether (sulfide) groups is 1. The number of carbonyl (C=O) groups is 3. The molecular formula is C29H23N3O5S2. The van der Waals surface area contributed by atoms with Crippen LogP contribution in [0, 0.1) is 12.8 Å². The van der Waals surface area contributed by atoms with Crippen LogP contribution >= 0.6 is 23.1 Å². The van der Waals surface area contributed by atoms with Crippen molar-refractivity contribution in [3.63, 3.8) is 0 Å². The summed E-state index contributed by atoms with van der Waals surface area (Å²) in [4.78, 5) is 56.4. The normalized spacial score (nSPS) is 19.9. The van der Waals surface area contributed by atoms with Crippen molar-refractivity contribution in [1.29, 1.82) is 0 Å². The van der Waals surface area contributed by atoms with Gasteiger partial charge in [-0.25, -0.2) is 4.90 Å². The zero-order valence-corrected chi connectivity index (χ0v) is 22.4. The molecule has 3 amide bonds. The molecule has 1 aromatic heterocycles. The fraction of sp³-hybridized carbons (Fsp3) is 0.172. The molecule has 6 rings (SSSR count). The van der Waals surface area contributed by atoms with E-state index in [4.69, 9.17) is 4.74 Å². The van der Waals surface area contributed by atoms with Crippen LogP contribution in [0.3, 0.4) is 0 Å². The number of thiazole rings is 1. The molecular weight excluding hydrogens is 534 g/mol. The third-order valence-electron chi connectivity index (χ3n) is 6.75. The van der Waals surface area contributed by atoms with Crippen LogP contribution in [-0.2, 0) is 14.4 Å². The molecule has 3 atom stereocenters. The third-order valence-corrected chi connectivity index (χ3v) is 9.15. The Kier molecular flexibility index (Phi) is 6.58. The molecule has 39 heavy (non-hydrogen) atoms. The van der Waals surface area contributed by atoms with Crippen LogP contribution in [0.5, 0.6) is 5.75 Å². The Balaban J connectivity index is 1.24. The number of benzene rings is 3. The molecule has 2 N–H and O–H groups in total. The Bertz CT molecular complexity index is 1630. The average Bonchev–Trinajstić information content (AvgIpc) is 3.42. The van der Waals surface area contributed by atoms with Crippen molar-refractivity contribution in [3.8, 4) is 5.75 Å². The number of aromatic nitrogens is 1. The summed E-state index contributed by atoms with van der Waals surface area (Å²) in [6.07, 6.45) is 0. The number of carbonyl (C=O) groups excluding carboxylic acids is 3. The zero-order valence-electron chi connectivity index (χ0n) is 20.7. The van der Waals surface area contributed by atoms with Gasteiger partial charge in [-0.1, -0.05) is 65.6 Å². The van der Waals surface area contributed by atoms with E-state index in [0.717, 1.165) is 27.3 Å². The van der Waals surface area contributed by atoms with Gasteiger partial charge in [-0.2, -0.15) is 0 Å².